The fourth-order valence-corrected chi connectivity index (χ4v) is 4.12. The Kier molecular flexibility index (Phi) is 4.43. The van der Waals surface area contributed by atoms with Gasteiger partial charge in [-0.1, -0.05) is 91.0 Å². The number of hydrogen-bond acceptors (Lipinski definition) is 3. The van der Waals surface area contributed by atoms with Crippen LogP contribution in [0.4, 0.5) is 17.4 Å². The first-order valence-electron chi connectivity index (χ1n) is 10.7. The third-order valence-electron chi connectivity index (χ3n) is 5.71. The first-order valence-corrected chi connectivity index (χ1v) is 10.7. The summed E-state index contributed by atoms with van der Waals surface area (Å²) in [7, 11) is 0. The molecular weight excluding hydrogens is 392 g/mol. The summed E-state index contributed by atoms with van der Waals surface area (Å²) in [5.74, 6) is 0. The third kappa shape index (κ3) is 3.21. The van der Waals surface area contributed by atoms with Crippen LogP contribution >= 0.6 is 0 Å². The van der Waals surface area contributed by atoms with Gasteiger partial charge < -0.3 is 4.42 Å². The van der Waals surface area contributed by atoms with Gasteiger partial charge in [0.1, 0.15) is 5.52 Å². The number of hydrogen-bond donors (Lipinski definition) is 0. The molecular formula is C29H20N2O. The molecule has 0 radical (unpaired) electrons. The van der Waals surface area contributed by atoms with E-state index in [1.807, 2.05) is 42.5 Å². The van der Waals surface area contributed by atoms with Gasteiger partial charge >= 0.3 is 6.01 Å². The van der Waals surface area contributed by atoms with E-state index < -0.39 is 0 Å². The van der Waals surface area contributed by atoms with E-state index in [-0.39, 0.29) is 0 Å². The minimum absolute atomic E-state index is 0.551. The molecule has 1 heterocycles. The zero-order valence-corrected chi connectivity index (χ0v) is 17.3. The van der Waals surface area contributed by atoms with Crippen LogP contribution in [0, 0.1) is 0 Å². The largest absolute Gasteiger partial charge is 0.422 e. The Balaban J connectivity index is 1.50. The molecule has 1 aromatic heterocycles. The highest BCUT2D eigenvalue weighted by molar-refractivity contribution is 6.03. The number of nitrogens with zero attached hydrogens (tertiary/aromatic N) is 2. The highest BCUT2D eigenvalue weighted by Crippen LogP contribution is 2.38. The van der Waals surface area contributed by atoms with Gasteiger partial charge in [0.05, 0.1) is 11.4 Å². The van der Waals surface area contributed by atoms with Crippen LogP contribution in [0.2, 0.25) is 0 Å². The van der Waals surface area contributed by atoms with Gasteiger partial charge in [0.25, 0.3) is 0 Å². The van der Waals surface area contributed by atoms with Crippen LogP contribution in [0.3, 0.4) is 0 Å². The number of fused-ring (bicyclic) bond motifs is 3. The zero-order valence-electron chi connectivity index (χ0n) is 17.3. The summed E-state index contributed by atoms with van der Waals surface area (Å²) < 4.78 is 6.38. The van der Waals surface area contributed by atoms with Crippen molar-refractivity contribution in [2.45, 2.75) is 0 Å². The standard InChI is InChI=1S/C29H20N2O/c1-3-9-21(10-4-1)22-15-18-25(19-16-22)31(24-12-5-2-6-13-24)29-30-27-20-17-23-11-7-8-14-26(23)28(27)32-29/h1-20H. The van der Waals surface area contributed by atoms with Crippen molar-refractivity contribution >= 4 is 39.3 Å². The normalized spacial score (nSPS) is 11.1. The van der Waals surface area contributed by atoms with E-state index in [1.54, 1.807) is 0 Å². The lowest BCUT2D eigenvalue weighted by Gasteiger charge is -2.21. The fraction of sp³-hybridized carbons (Fsp3) is 0. The Morgan fingerprint density at radius 3 is 1.94 bits per heavy atom. The SMILES string of the molecule is c1ccc(-c2ccc(N(c3ccccc3)c3nc4ccc5ccccc5c4o3)cc2)cc1. The molecule has 0 spiro atoms. The summed E-state index contributed by atoms with van der Waals surface area (Å²) in [5, 5.41) is 2.21. The molecule has 5 aromatic carbocycles. The van der Waals surface area contributed by atoms with Crippen LogP contribution < -0.4 is 4.90 Å². The van der Waals surface area contributed by atoms with Crippen LogP contribution in [0.15, 0.2) is 126 Å². The molecule has 0 aliphatic rings. The quantitative estimate of drug-likeness (QED) is 0.293. The number of oxazole rings is 1. The molecule has 0 N–H and O–H groups in total. The molecule has 0 saturated heterocycles. The second-order valence-corrected chi connectivity index (χ2v) is 7.72. The highest BCUT2D eigenvalue weighted by Gasteiger charge is 2.19. The van der Waals surface area contributed by atoms with E-state index >= 15 is 0 Å². The van der Waals surface area contributed by atoms with Crippen molar-refractivity contribution < 1.29 is 4.42 Å². The lowest BCUT2D eigenvalue weighted by molar-refractivity contribution is 0.611. The number of para-hydroxylation sites is 1. The molecule has 0 unspecified atom stereocenters. The van der Waals surface area contributed by atoms with E-state index in [1.165, 1.54) is 11.1 Å². The van der Waals surface area contributed by atoms with Crippen molar-refractivity contribution in [1.82, 2.24) is 4.98 Å². The lowest BCUT2D eigenvalue weighted by atomic mass is 10.1. The van der Waals surface area contributed by atoms with Crippen molar-refractivity contribution in [3.05, 3.63) is 121 Å². The lowest BCUT2D eigenvalue weighted by Crippen LogP contribution is -2.10. The first kappa shape index (κ1) is 18.4. The molecule has 3 nitrogen and oxygen atoms in total. The van der Waals surface area contributed by atoms with E-state index in [4.69, 9.17) is 9.40 Å². The smallest absolute Gasteiger partial charge is 0.307 e. The second-order valence-electron chi connectivity index (χ2n) is 7.72. The monoisotopic (exact) mass is 412 g/mol. The maximum Gasteiger partial charge on any atom is 0.307 e. The van der Waals surface area contributed by atoms with E-state index in [0.717, 1.165) is 33.2 Å². The van der Waals surface area contributed by atoms with Gasteiger partial charge in [0, 0.05) is 5.39 Å². The van der Waals surface area contributed by atoms with Crippen LogP contribution in [0.1, 0.15) is 0 Å². The molecule has 6 rings (SSSR count). The number of rotatable bonds is 4. The Hall–Kier alpha value is -4.37. The molecule has 0 aliphatic heterocycles. The van der Waals surface area contributed by atoms with Gasteiger partial charge in [-0.15, -0.1) is 0 Å². The summed E-state index contributed by atoms with van der Waals surface area (Å²) in [4.78, 5) is 6.91. The summed E-state index contributed by atoms with van der Waals surface area (Å²) in [6, 6.07) is 42.0. The average molecular weight is 412 g/mol. The molecule has 0 atom stereocenters. The fourth-order valence-electron chi connectivity index (χ4n) is 4.12. The molecule has 0 amide bonds. The molecule has 3 heteroatoms. The van der Waals surface area contributed by atoms with Gasteiger partial charge in [-0.25, -0.2) is 0 Å². The number of anilines is 3. The zero-order chi connectivity index (χ0) is 21.3. The maximum absolute atomic E-state index is 6.38. The molecule has 32 heavy (non-hydrogen) atoms. The topological polar surface area (TPSA) is 29.3 Å². The minimum Gasteiger partial charge on any atom is -0.422 e. The Morgan fingerprint density at radius 2 is 1.16 bits per heavy atom. The van der Waals surface area contributed by atoms with Crippen molar-refractivity contribution in [2.75, 3.05) is 4.90 Å². The minimum atomic E-state index is 0.551. The summed E-state index contributed by atoms with van der Waals surface area (Å²) in [6.45, 7) is 0. The Morgan fingerprint density at radius 1 is 0.531 bits per heavy atom. The molecule has 0 fully saturated rings. The predicted molar refractivity (Wildman–Crippen MR) is 132 cm³/mol. The Bertz CT molecular complexity index is 1500. The van der Waals surface area contributed by atoms with E-state index in [0.29, 0.717) is 6.01 Å². The van der Waals surface area contributed by atoms with Crippen LogP contribution in [0.25, 0.3) is 33.0 Å². The number of benzene rings is 5. The second kappa shape index (κ2) is 7.71. The maximum atomic E-state index is 6.38. The Labute approximate surface area is 186 Å². The van der Waals surface area contributed by atoms with Gasteiger partial charge in [-0.05, 0) is 46.8 Å². The number of aromatic nitrogens is 1. The average Bonchev–Trinajstić information content (AvgIpc) is 3.30. The van der Waals surface area contributed by atoms with Gasteiger partial charge in [-0.3, -0.25) is 4.90 Å². The highest BCUT2D eigenvalue weighted by atomic mass is 16.4. The van der Waals surface area contributed by atoms with Gasteiger partial charge in [-0.2, -0.15) is 4.98 Å². The predicted octanol–water partition coefficient (Wildman–Crippen LogP) is 8.12. The van der Waals surface area contributed by atoms with E-state index in [9.17, 15) is 0 Å². The van der Waals surface area contributed by atoms with Crippen LogP contribution in [0.5, 0.6) is 0 Å². The van der Waals surface area contributed by atoms with E-state index in [2.05, 4.69) is 83.8 Å². The summed E-state index contributed by atoms with van der Waals surface area (Å²) in [5.41, 5.74) is 6.01. The summed E-state index contributed by atoms with van der Waals surface area (Å²) >= 11 is 0. The third-order valence-corrected chi connectivity index (χ3v) is 5.71. The molecule has 0 aliphatic carbocycles. The van der Waals surface area contributed by atoms with Crippen molar-refractivity contribution in [3.63, 3.8) is 0 Å². The first-order chi connectivity index (χ1) is 15.9. The molecule has 0 bridgehead atoms. The van der Waals surface area contributed by atoms with Crippen molar-refractivity contribution in [1.29, 1.82) is 0 Å². The van der Waals surface area contributed by atoms with Crippen molar-refractivity contribution in [2.24, 2.45) is 0 Å². The molecule has 152 valence electrons. The van der Waals surface area contributed by atoms with Crippen LogP contribution in [-0.4, -0.2) is 4.98 Å². The van der Waals surface area contributed by atoms with Gasteiger partial charge in [0.15, 0.2) is 5.58 Å². The van der Waals surface area contributed by atoms with Crippen molar-refractivity contribution in [3.8, 4) is 11.1 Å². The summed E-state index contributed by atoms with van der Waals surface area (Å²) in [6.07, 6.45) is 0. The molecule has 6 aromatic rings. The van der Waals surface area contributed by atoms with Gasteiger partial charge in [0.2, 0.25) is 0 Å². The molecule has 0 saturated carbocycles. The van der Waals surface area contributed by atoms with Crippen LogP contribution in [-0.2, 0) is 0 Å².